The molecule has 1 aromatic rings. The van der Waals surface area contributed by atoms with Crippen LogP contribution in [0.4, 0.5) is 5.69 Å². The second-order valence-corrected chi connectivity index (χ2v) is 3.63. The molecule has 0 fully saturated rings. The summed E-state index contributed by atoms with van der Waals surface area (Å²) in [4.78, 5) is 15.1. The third-order valence-electron chi connectivity index (χ3n) is 2.01. The molecule has 1 aliphatic rings. The number of hydrogen-bond acceptors (Lipinski definition) is 3. The SMILES string of the molecule is O=C1C=CC(=Nc2ccc([O-])c(Cl)c2)C=C1.[Na+]. The summed E-state index contributed by atoms with van der Waals surface area (Å²) in [6.45, 7) is 0. The minimum Gasteiger partial charge on any atom is -0.871 e. The van der Waals surface area contributed by atoms with Gasteiger partial charge in [0.2, 0.25) is 0 Å². The van der Waals surface area contributed by atoms with Crippen LogP contribution in [0.5, 0.6) is 5.75 Å². The second kappa shape index (κ2) is 6.17. The van der Waals surface area contributed by atoms with Crippen LogP contribution < -0.4 is 34.7 Å². The molecule has 80 valence electrons. The molecule has 1 aliphatic carbocycles. The van der Waals surface area contributed by atoms with Gasteiger partial charge in [-0.25, -0.2) is 4.99 Å². The molecule has 0 amide bonds. The van der Waals surface area contributed by atoms with Crippen molar-refractivity contribution in [3.8, 4) is 5.75 Å². The number of halogens is 1. The Morgan fingerprint density at radius 2 is 1.76 bits per heavy atom. The fourth-order valence-electron chi connectivity index (χ4n) is 1.23. The molecule has 2 rings (SSSR count). The zero-order chi connectivity index (χ0) is 11.5. The van der Waals surface area contributed by atoms with Crippen LogP contribution in [0.1, 0.15) is 0 Å². The van der Waals surface area contributed by atoms with Gasteiger partial charge in [0.05, 0.1) is 11.4 Å². The van der Waals surface area contributed by atoms with Crippen LogP contribution in [-0.2, 0) is 4.79 Å². The Morgan fingerprint density at radius 1 is 1.12 bits per heavy atom. The van der Waals surface area contributed by atoms with Gasteiger partial charge in [-0.05, 0) is 36.4 Å². The quantitative estimate of drug-likeness (QED) is 0.487. The first kappa shape index (κ1) is 14.2. The van der Waals surface area contributed by atoms with Crippen molar-refractivity contribution in [1.29, 1.82) is 0 Å². The Bertz CT molecular complexity index is 517. The zero-order valence-corrected chi connectivity index (χ0v) is 11.9. The molecule has 0 atom stereocenters. The van der Waals surface area contributed by atoms with Crippen LogP contribution in [0.3, 0.4) is 0 Å². The van der Waals surface area contributed by atoms with Gasteiger partial charge in [-0.15, -0.1) is 0 Å². The number of benzene rings is 1. The van der Waals surface area contributed by atoms with E-state index in [2.05, 4.69) is 4.99 Å². The van der Waals surface area contributed by atoms with E-state index in [0.29, 0.717) is 11.4 Å². The van der Waals surface area contributed by atoms with Gasteiger partial charge in [-0.3, -0.25) is 4.79 Å². The molecule has 0 N–H and O–H groups in total. The monoisotopic (exact) mass is 255 g/mol. The van der Waals surface area contributed by atoms with Gasteiger partial charge in [0, 0.05) is 5.02 Å². The standard InChI is InChI=1S/C12H8ClNO2.Na/c13-11-7-9(3-6-12(11)16)14-8-1-4-10(15)5-2-8;/h1-7,16H;/q;+1/p-1. The van der Waals surface area contributed by atoms with E-state index in [1.54, 1.807) is 18.2 Å². The second-order valence-electron chi connectivity index (χ2n) is 3.22. The number of allylic oxidation sites excluding steroid dienone is 4. The average molecular weight is 256 g/mol. The first-order chi connectivity index (χ1) is 7.65. The molecule has 0 aromatic heterocycles. The summed E-state index contributed by atoms with van der Waals surface area (Å²) in [5.74, 6) is -0.289. The number of rotatable bonds is 1. The van der Waals surface area contributed by atoms with Gasteiger partial charge in [0.25, 0.3) is 0 Å². The molecule has 1 aromatic carbocycles. The fraction of sp³-hybridized carbons (Fsp3) is 0. The van der Waals surface area contributed by atoms with Crippen molar-refractivity contribution in [1.82, 2.24) is 0 Å². The first-order valence-electron chi connectivity index (χ1n) is 4.60. The Morgan fingerprint density at radius 3 is 2.35 bits per heavy atom. The van der Waals surface area contributed by atoms with Crippen molar-refractivity contribution in [3.05, 3.63) is 47.5 Å². The molecule has 0 unspecified atom stereocenters. The molecule has 0 spiro atoms. The number of aliphatic imine (C=N–C) groups is 1. The van der Waals surface area contributed by atoms with E-state index in [1.807, 2.05) is 0 Å². The van der Waals surface area contributed by atoms with Crippen molar-refractivity contribution < 1.29 is 39.5 Å². The maximum atomic E-state index is 11.1. The molecule has 5 heteroatoms. The van der Waals surface area contributed by atoms with Crippen molar-refractivity contribution in [2.75, 3.05) is 0 Å². The van der Waals surface area contributed by atoms with Crippen molar-refractivity contribution >= 4 is 28.8 Å². The minimum atomic E-state index is -0.226. The minimum absolute atomic E-state index is 0. The molecule has 0 heterocycles. The molecule has 0 bridgehead atoms. The Balaban J connectivity index is 0.00000144. The largest absolute Gasteiger partial charge is 1.00 e. The molecule has 0 aliphatic heterocycles. The third kappa shape index (κ3) is 3.82. The van der Waals surface area contributed by atoms with Gasteiger partial charge in [-0.1, -0.05) is 23.4 Å². The van der Waals surface area contributed by atoms with Gasteiger partial charge in [-0.2, -0.15) is 0 Å². The van der Waals surface area contributed by atoms with Crippen LogP contribution in [0.2, 0.25) is 5.02 Å². The van der Waals surface area contributed by atoms with Gasteiger partial charge in [0.1, 0.15) is 0 Å². The normalized spacial score (nSPS) is 13.5. The number of carbonyl (C=O) groups excluding carboxylic acids is 1. The predicted molar refractivity (Wildman–Crippen MR) is 61.3 cm³/mol. The van der Waals surface area contributed by atoms with Crippen LogP contribution in [0.25, 0.3) is 0 Å². The maximum absolute atomic E-state index is 11.1. The Labute approximate surface area is 126 Å². The van der Waals surface area contributed by atoms with Crippen molar-refractivity contribution in [3.63, 3.8) is 0 Å². The first-order valence-corrected chi connectivity index (χ1v) is 4.98. The molecular formula is C12H7ClNNaO2. The fourth-order valence-corrected chi connectivity index (χ4v) is 1.40. The predicted octanol–water partition coefficient (Wildman–Crippen LogP) is -0.815. The Kier molecular flexibility index (Phi) is 5.15. The summed E-state index contributed by atoms with van der Waals surface area (Å²) in [5, 5.41) is 11.2. The smallest absolute Gasteiger partial charge is 0.871 e. The van der Waals surface area contributed by atoms with Crippen molar-refractivity contribution in [2.45, 2.75) is 0 Å². The van der Waals surface area contributed by atoms with E-state index in [1.165, 1.54) is 24.3 Å². The van der Waals surface area contributed by atoms with E-state index >= 15 is 0 Å². The number of nitrogens with zero attached hydrogens (tertiary/aromatic N) is 1. The van der Waals surface area contributed by atoms with Gasteiger partial charge < -0.3 is 5.11 Å². The molecule has 0 saturated heterocycles. The Hall–Kier alpha value is -0.870. The molecule has 3 nitrogen and oxygen atoms in total. The summed E-state index contributed by atoms with van der Waals surface area (Å²) >= 11 is 5.68. The summed E-state index contributed by atoms with van der Waals surface area (Å²) < 4.78 is 0. The number of ketones is 1. The van der Waals surface area contributed by atoms with Crippen molar-refractivity contribution in [2.24, 2.45) is 4.99 Å². The molecule has 17 heavy (non-hydrogen) atoms. The van der Waals surface area contributed by atoms with E-state index < -0.39 is 0 Å². The zero-order valence-electron chi connectivity index (χ0n) is 9.18. The number of carbonyl (C=O) groups is 1. The van der Waals surface area contributed by atoms with Crippen LogP contribution >= 0.6 is 11.6 Å². The molecular weight excluding hydrogens is 249 g/mol. The van der Waals surface area contributed by atoms with E-state index in [9.17, 15) is 9.90 Å². The van der Waals surface area contributed by atoms with Crippen LogP contribution in [0.15, 0.2) is 47.5 Å². The molecule has 0 radical (unpaired) electrons. The maximum Gasteiger partial charge on any atom is 1.00 e. The van der Waals surface area contributed by atoms with E-state index in [4.69, 9.17) is 11.6 Å². The van der Waals surface area contributed by atoms with Crippen LogP contribution in [0, 0.1) is 0 Å². The number of hydrogen-bond donors (Lipinski definition) is 0. The van der Waals surface area contributed by atoms with Gasteiger partial charge in [0.15, 0.2) is 5.78 Å². The summed E-state index contributed by atoms with van der Waals surface area (Å²) in [5.41, 5.74) is 1.23. The average Bonchev–Trinajstić information content (AvgIpc) is 2.27. The summed E-state index contributed by atoms with van der Waals surface area (Å²) in [7, 11) is 0. The summed E-state index contributed by atoms with van der Waals surface area (Å²) in [6.07, 6.45) is 6.09. The van der Waals surface area contributed by atoms with E-state index in [-0.39, 0.29) is 46.1 Å². The topological polar surface area (TPSA) is 52.5 Å². The van der Waals surface area contributed by atoms with Gasteiger partial charge >= 0.3 is 29.6 Å². The van der Waals surface area contributed by atoms with Crippen LogP contribution in [-0.4, -0.2) is 11.5 Å². The van der Waals surface area contributed by atoms with E-state index in [0.717, 1.165) is 0 Å². The third-order valence-corrected chi connectivity index (χ3v) is 2.31. The molecule has 0 saturated carbocycles. The summed E-state index contributed by atoms with van der Waals surface area (Å²) in [6, 6.07) is 4.44.